The summed E-state index contributed by atoms with van der Waals surface area (Å²) in [6.45, 7) is 0. The standard InChI is InChI=1S/C13H13N/c1-14-12-8-4-2-6-10(12)11-7-3-5-9-13(11)14/h2-6,8-9,11H,7H2,1H3. The Morgan fingerprint density at radius 3 is 3.07 bits per heavy atom. The summed E-state index contributed by atoms with van der Waals surface area (Å²) >= 11 is 0. The third-order valence-corrected chi connectivity index (χ3v) is 3.19. The Morgan fingerprint density at radius 2 is 2.14 bits per heavy atom. The number of allylic oxidation sites excluding steroid dienone is 4. The molecule has 0 radical (unpaired) electrons. The van der Waals surface area contributed by atoms with Crippen LogP contribution in [-0.2, 0) is 0 Å². The minimum atomic E-state index is 0.598. The number of hydrogen-bond donors (Lipinski definition) is 0. The molecule has 1 aromatic rings. The van der Waals surface area contributed by atoms with E-state index in [2.05, 4.69) is 54.4 Å². The molecule has 0 aromatic heterocycles. The molecular weight excluding hydrogens is 170 g/mol. The van der Waals surface area contributed by atoms with E-state index in [1.807, 2.05) is 0 Å². The number of rotatable bonds is 0. The maximum atomic E-state index is 2.31. The van der Waals surface area contributed by atoms with Crippen molar-refractivity contribution >= 4 is 5.69 Å². The Morgan fingerprint density at radius 1 is 1.29 bits per heavy atom. The van der Waals surface area contributed by atoms with Gasteiger partial charge in [0.1, 0.15) is 0 Å². The molecule has 70 valence electrons. The zero-order valence-electron chi connectivity index (χ0n) is 8.27. The van der Waals surface area contributed by atoms with Crippen LogP contribution in [0, 0.1) is 0 Å². The fourth-order valence-electron chi connectivity index (χ4n) is 2.48. The predicted octanol–water partition coefficient (Wildman–Crippen LogP) is 3.06. The van der Waals surface area contributed by atoms with Crippen LogP contribution in [0.1, 0.15) is 17.9 Å². The maximum absolute atomic E-state index is 2.31. The molecule has 1 nitrogen and oxygen atoms in total. The van der Waals surface area contributed by atoms with E-state index in [-0.39, 0.29) is 0 Å². The lowest BCUT2D eigenvalue weighted by molar-refractivity contribution is 0.812. The Labute approximate surface area is 84.4 Å². The number of anilines is 1. The highest BCUT2D eigenvalue weighted by Crippen LogP contribution is 2.45. The molecule has 0 fully saturated rings. The van der Waals surface area contributed by atoms with Crippen molar-refractivity contribution in [2.75, 3.05) is 11.9 Å². The summed E-state index contributed by atoms with van der Waals surface area (Å²) in [6.07, 6.45) is 7.79. The SMILES string of the molecule is CN1C2=CC=CCC2c2ccccc21. The van der Waals surface area contributed by atoms with E-state index in [1.165, 1.54) is 16.9 Å². The first-order valence-electron chi connectivity index (χ1n) is 5.07. The molecule has 3 rings (SSSR count). The minimum Gasteiger partial charge on any atom is -0.347 e. The van der Waals surface area contributed by atoms with Gasteiger partial charge in [-0.1, -0.05) is 30.4 Å². The molecule has 0 N–H and O–H groups in total. The van der Waals surface area contributed by atoms with E-state index in [0.717, 1.165) is 6.42 Å². The van der Waals surface area contributed by atoms with Crippen LogP contribution < -0.4 is 4.90 Å². The summed E-state index contributed by atoms with van der Waals surface area (Å²) in [6, 6.07) is 8.69. The van der Waals surface area contributed by atoms with Gasteiger partial charge in [-0.2, -0.15) is 0 Å². The average Bonchev–Trinajstić information content (AvgIpc) is 2.55. The fraction of sp³-hybridized carbons (Fsp3) is 0.231. The van der Waals surface area contributed by atoms with Gasteiger partial charge in [-0.25, -0.2) is 0 Å². The molecule has 0 amide bonds. The highest BCUT2D eigenvalue weighted by atomic mass is 15.1. The number of para-hydroxylation sites is 1. The van der Waals surface area contributed by atoms with E-state index in [9.17, 15) is 0 Å². The van der Waals surface area contributed by atoms with Gasteiger partial charge in [0, 0.05) is 24.4 Å². The summed E-state index contributed by atoms with van der Waals surface area (Å²) < 4.78 is 0. The summed E-state index contributed by atoms with van der Waals surface area (Å²) in [5.41, 5.74) is 4.28. The van der Waals surface area contributed by atoms with Gasteiger partial charge in [-0.05, 0) is 24.1 Å². The highest BCUT2D eigenvalue weighted by molar-refractivity contribution is 5.68. The van der Waals surface area contributed by atoms with Crippen molar-refractivity contribution in [3.05, 3.63) is 53.8 Å². The molecule has 0 bridgehead atoms. The van der Waals surface area contributed by atoms with Crippen LogP contribution in [0.15, 0.2) is 48.2 Å². The number of nitrogens with zero attached hydrogens (tertiary/aromatic N) is 1. The van der Waals surface area contributed by atoms with Crippen molar-refractivity contribution in [1.29, 1.82) is 0 Å². The maximum Gasteiger partial charge on any atom is 0.0445 e. The van der Waals surface area contributed by atoms with Gasteiger partial charge >= 0.3 is 0 Å². The third-order valence-electron chi connectivity index (χ3n) is 3.19. The van der Waals surface area contributed by atoms with E-state index in [1.54, 1.807) is 0 Å². The second kappa shape index (κ2) is 2.74. The van der Waals surface area contributed by atoms with Gasteiger partial charge in [-0.3, -0.25) is 0 Å². The molecule has 1 aromatic carbocycles. The van der Waals surface area contributed by atoms with Crippen LogP contribution in [0.5, 0.6) is 0 Å². The second-order valence-corrected chi connectivity index (χ2v) is 3.93. The molecule has 1 aliphatic carbocycles. The summed E-state index contributed by atoms with van der Waals surface area (Å²) in [5.74, 6) is 0.598. The average molecular weight is 183 g/mol. The lowest BCUT2D eigenvalue weighted by Crippen LogP contribution is -2.13. The molecule has 14 heavy (non-hydrogen) atoms. The number of likely N-dealkylation sites (N-methyl/N-ethyl adjacent to an activating group) is 1. The minimum absolute atomic E-state index is 0.598. The second-order valence-electron chi connectivity index (χ2n) is 3.93. The molecule has 0 spiro atoms. The Bertz CT molecular complexity index is 429. The molecular formula is C13H13N. The molecule has 0 saturated heterocycles. The molecule has 1 heteroatoms. The van der Waals surface area contributed by atoms with Gasteiger partial charge in [0.2, 0.25) is 0 Å². The smallest absolute Gasteiger partial charge is 0.0445 e. The summed E-state index contributed by atoms with van der Waals surface area (Å²) in [5, 5.41) is 0. The van der Waals surface area contributed by atoms with Crippen molar-refractivity contribution < 1.29 is 0 Å². The van der Waals surface area contributed by atoms with Crippen LogP contribution in [0.2, 0.25) is 0 Å². The number of hydrogen-bond acceptors (Lipinski definition) is 1. The first-order valence-corrected chi connectivity index (χ1v) is 5.07. The Kier molecular flexibility index (Phi) is 1.54. The summed E-state index contributed by atoms with van der Waals surface area (Å²) in [4.78, 5) is 2.31. The van der Waals surface area contributed by atoms with Gasteiger partial charge in [0.25, 0.3) is 0 Å². The van der Waals surface area contributed by atoms with E-state index in [0.29, 0.717) is 5.92 Å². The van der Waals surface area contributed by atoms with Gasteiger partial charge in [-0.15, -0.1) is 0 Å². The molecule has 1 heterocycles. The lowest BCUT2D eigenvalue weighted by Gasteiger charge is -2.19. The third kappa shape index (κ3) is 0.897. The van der Waals surface area contributed by atoms with Crippen molar-refractivity contribution in [1.82, 2.24) is 0 Å². The van der Waals surface area contributed by atoms with Crippen LogP contribution in [0.3, 0.4) is 0 Å². The van der Waals surface area contributed by atoms with Gasteiger partial charge < -0.3 is 4.90 Å². The van der Waals surface area contributed by atoms with Crippen molar-refractivity contribution in [2.24, 2.45) is 0 Å². The predicted molar refractivity (Wildman–Crippen MR) is 59.4 cm³/mol. The monoisotopic (exact) mass is 183 g/mol. The van der Waals surface area contributed by atoms with Crippen LogP contribution >= 0.6 is 0 Å². The zero-order chi connectivity index (χ0) is 9.54. The first kappa shape index (κ1) is 7.86. The molecule has 1 unspecified atom stereocenters. The first-order chi connectivity index (χ1) is 6.88. The zero-order valence-corrected chi connectivity index (χ0v) is 8.27. The van der Waals surface area contributed by atoms with Gasteiger partial charge in [0.15, 0.2) is 0 Å². The molecule has 1 aliphatic heterocycles. The summed E-state index contributed by atoms with van der Waals surface area (Å²) in [7, 11) is 2.16. The topological polar surface area (TPSA) is 3.24 Å². The van der Waals surface area contributed by atoms with E-state index < -0.39 is 0 Å². The van der Waals surface area contributed by atoms with Crippen molar-refractivity contribution in [3.63, 3.8) is 0 Å². The van der Waals surface area contributed by atoms with Crippen LogP contribution in [0.25, 0.3) is 0 Å². The molecule has 1 atom stereocenters. The van der Waals surface area contributed by atoms with E-state index in [4.69, 9.17) is 0 Å². The Hall–Kier alpha value is -1.50. The van der Waals surface area contributed by atoms with Crippen molar-refractivity contribution in [2.45, 2.75) is 12.3 Å². The lowest BCUT2D eigenvalue weighted by atomic mass is 9.92. The fourth-order valence-corrected chi connectivity index (χ4v) is 2.48. The molecule has 0 saturated carbocycles. The van der Waals surface area contributed by atoms with Gasteiger partial charge in [0.05, 0.1) is 0 Å². The number of benzene rings is 1. The molecule has 2 aliphatic rings. The number of fused-ring (bicyclic) bond motifs is 3. The normalized spacial score (nSPS) is 23.1. The van der Waals surface area contributed by atoms with Crippen molar-refractivity contribution in [3.8, 4) is 0 Å². The largest absolute Gasteiger partial charge is 0.347 e. The quantitative estimate of drug-likeness (QED) is 0.597. The highest BCUT2D eigenvalue weighted by Gasteiger charge is 2.30. The van der Waals surface area contributed by atoms with Crippen LogP contribution in [0.4, 0.5) is 5.69 Å². The Balaban J connectivity index is 2.19. The van der Waals surface area contributed by atoms with Crippen LogP contribution in [-0.4, -0.2) is 7.05 Å². The van der Waals surface area contributed by atoms with E-state index >= 15 is 0 Å².